The number of carbonyl (C=O) groups excluding carboxylic acids is 1. The predicted octanol–water partition coefficient (Wildman–Crippen LogP) is 0.413. The molecule has 1 aliphatic carbocycles. The molecule has 1 heterocycles. The van der Waals surface area contributed by atoms with Crippen molar-refractivity contribution in [3.8, 4) is 0 Å². The molecule has 1 aromatic rings. The van der Waals surface area contributed by atoms with Crippen LogP contribution in [0.2, 0.25) is 0 Å². The van der Waals surface area contributed by atoms with E-state index >= 15 is 0 Å². The Labute approximate surface area is 105 Å². The van der Waals surface area contributed by atoms with Gasteiger partial charge in [0.15, 0.2) is 0 Å². The lowest BCUT2D eigenvalue weighted by Gasteiger charge is -2.06. The summed E-state index contributed by atoms with van der Waals surface area (Å²) >= 11 is 0. The Morgan fingerprint density at radius 3 is 3.00 bits per heavy atom. The summed E-state index contributed by atoms with van der Waals surface area (Å²) in [6.07, 6.45) is 3.25. The van der Waals surface area contributed by atoms with Gasteiger partial charge in [-0.15, -0.1) is 0 Å². The highest BCUT2D eigenvalue weighted by Gasteiger charge is 2.22. The van der Waals surface area contributed by atoms with Gasteiger partial charge in [-0.25, -0.2) is 4.98 Å². The molecule has 1 aliphatic rings. The van der Waals surface area contributed by atoms with Crippen molar-refractivity contribution in [3.63, 3.8) is 0 Å². The van der Waals surface area contributed by atoms with Crippen molar-refractivity contribution in [2.45, 2.75) is 38.6 Å². The molecule has 0 spiro atoms. The van der Waals surface area contributed by atoms with Crippen LogP contribution in [-0.2, 0) is 11.2 Å². The molecule has 6 heteroatoms. The first-order valence-electron chi connectivity index (χ1n) is 6.31. The summed E-state index contributed by atoms with van der Waals surface area (Å²) in [6, 6.07) is 1.79. The van der Waals surface area contributed by atoms with Crippen LogP contribution < -0.4 is 16.2 Å². The Hall–Kier alpha value is -1.85. The third-order valence-electron chi connectivity index (χ3n) is 2.73. The van der Waals surface area contributed by atoms with Gasteiger partial charge in [-0.3, -0.25) is 9.59 Å². The van der Waals surface area contributed by atoms with Crippen molar-refractivity contribution in [3.05, 3.63) is 22.2 Å². The molecule has 1 aromatic heterocycles. The minimum atomic E-state index is -0.174. The monoisotopic (exact) mass is 250 g/mol. The Kier molecular flexibility index (Phi) is 3.96. The SMILES string of the molecule is CCc1nc(NCCC(=O)NC2CC2)cc(=O)[nH]1. The maximum atomic E-state index is 11.4. The molecule has 1 fully saturated rings. The predicted molar refractivity (Wildman–Crippen MR) is 68.5 cm³/mol. The van der Waals surface area contributed by atoms with E-state index in [9.17, 15) is 9.59 Å². The number of anilines is 1. The Bertz CT molecular complexity index is 479. The van der Waals surface area contributed by atoms with Crippen molar-refractivity contribution in [2.24, 2.45) is 0 Å². The van der Waals surface area contributed by atoms with E-state index in [1.807, 2.05) is 6.92 Å². The summed E-state index contributed by atoms with van der Waals surface area (Å²) in [5, 5.41) is 5.90. The van der Waals surface area contributed by atoms with Gasteiger partial charge in [-0.05, 0) is 12.8 Å². The van der Waals surface area contributed by atoms with E-state index in [4.69, 9.17) is 0 Å². The summed E-state index contributed by atoms with van der Waals surface area (Å²) in [4.78, 5) is 29.6. The average Bonchev–Trinajstić information content (AvgIpc) is 3.12. The Balaban J connectivity index is 1.80. The maximum absolute atomic E-state index is 11.4. The second-order valence-corrected chi connectivity index (χ2v) is 4.45. The normalized spacial score (nSPS) is 14.3. The van der Waals surface area contributed by atoms with Crippen molar-refractivity contribution >= 4 is 11.7 Å². The third-order valence-corrected chi connectivity index (χ3v) is 2.73. The van der Waals surface area contributed by atoms with E-state index in [-0.39, 0.29) is 11.5 Å². The van der Waals surface area contributed by atoms with Crippen LogP contribution in [0.3, 0.4) is 0 Å². The minimum absolute atomic E-state index is 0.0468. The van der Waals surface area contributed by atoms with Crippen LogP contribution in [0.5, 0.6) is 0 Å². The standard InChI is InChI=1S/C12H18N4O2/c1-2-9-15-10(7-12(18)16-9)13-6-5-11(17)14-8-3-4-8/h7-8H,2-6H2,1H3,(H,14,17)(H2,13,15,16,18). The molecule has 0 unspecified atom stereocenters. The number of aryl methyl sites for hydroxylation is 1. The highest BCUT2D eigenvalue weighted by atomic mass is 16.1. The van der Waals surface area contributed by atoms with Gasteiger partial charge >= 0.3 is 0 Å². The van der Waals surface area contributed by atoms with E-state index in [1.54, 1.807) is 0 Å². The highest BCUT2D eigenvalue weighted by molar-refractivity contribution is 5.77. The summed E-state index contributed by atoms with van der Waals surface area (Å²) < 4.78 is 0. The zero-order chi connectivity index (χ0) is 13.0. The topological polar surface area (TPSA) is 86.9 Å². The van der Waals surface area contributed by atoms with Gasteiger partial charge in [0.1, 0.15) is 11.6 Å². The Morgan fingerprint density at radius 1 is 1.56 bits per heavy atom. The zero-order valence-electron chi connectivity index (χ0n) is 10.5. The van der Waals surface area contributed by atoms with Crippen molar-refractivity contribution < 1.29 is 4.79 Å². The molecule has 2 rings (SSSR count). The number of nitrogens with zero attached hydrogens (tertiary/aromatic N) is 1. The molecule has 3 N–H and O–H groups in total. The number of amides is 1. The van der Waals surface area contributed by atoms with Crippen LogP contribution in [0.1, 0.15) is 32.0 Å². The lowest BCUT2D eigenvalue weighted by atomic mass is 10.3. The number of nitrogens with one attached hydrogen (secondary N) is 3. The fraction of sp³-hybridized carbons (Fsp3) is 0.583. The number of aromatic amines is 1. The van der Waals surface area contributed by atoms with E-state index in [0.717, 1.165) is 12.8 Å². The van der Waals surface area contributed by atoms with Crippen LogP contribution in [0.4, 0.5) is 5.82 Å². The summed E-state index contributed by atoms with van der Waals surface area (Å²) in [7, 11) is 0. The lowest BCUT2D eigenvalue weighted by molar-refractivity contribution is -0.120. The van der Waals surface area contributed by atoms with E-state index in [1.165, 1.54) is 6.07 Å². The van der Waals surface area contributed by atoms with Crippen molar-refractivity contribution in [1.82, 2.24) is 15.3 Å². The first kappa shape index (κ1) is 12.6. The van der Waals surface area contributed by atoms with Crippen LogP contribution in [0, 0.1) is 0 Å². The fourth-order valence-corrected chi connectivity index (χ4v) is 1.60. The summed E-state index contributed by atoms with van der Waals surface area (Å²) in [5.41, 5.74) is -0.174. The number of rotatable bonds is 6. The largest absolute Gasteiger partial charge is 0.369 e. The number of H-pyrrole nitrogens is 1. The molecule has 0 radical (unpaired) electrons. The number of carbonyl (C=O) groups is 1. The zero-order valence-corrected chi connectivity index (χ0v) is 10.5. The number of hydrogen-bond donors (Lipinski definition) is 3. The molecule has 0 aromatic carbocycles. The highest BCUT2D eigenvalue weighted by Crippen LogP contribution is 2.18. The summed E-state index contributed by atoms with van der Waals surface area (Å²) in [6.45, 7) is 2.41. The third kappa shape index (κ3) is 3.87. The van der Waals surface area contributed by atoms with Gasteiger partial charge < -0.3 is 15.6 Å². The molecular formula is C12H18N4O2. The van der Waals surface area contributed by atoms with Gasteiger partial charge in [0.25, 0.3) is 5.56 Å². The second kappa shape index (κ2) is 5.66. The van der Waals surface area contributed by atoms with E-state index < -0.39 is 0 Å². The van der Waals surface area contributed by atoms with Gasteiger partial charge in [0, 0.05) is 31.5 Å². The van der Waals surface area contributed by atoms with Gasteiger partial charge in [-0.2, -0.15) is 0 Å². The molecular weight excluding hydrogens is 232 g/mol. The minimum Gasteiger partial charge on any atom is -0.369 e. The first-order chi connectivity index (χ1) is 8.67. The van der Waals surface area contributed by atoms with E-state index in [2.05, 4.69) is 20.6 Å². The van der Waals surface area contributed by atoms with Gasteiger partial charge in [0.05, 0.1) is 0 Å². The Morgan fingerprint density at radius 2 is 2.33 bits per heavy atom. The lowest BCUT2D eigenvalue weighted by Crippen LogP contribution is -2.27. The van der Waals surface area contributed by atoms with Crippen LogP contribution in [0.25, 0.3) is 0 Å². The first-order valence-corrected chi connectivity index (χ1v) is 6.31. The molecule has 1 amide bonds. The van der Waals surface area contributed by atoms with Crippen LogP contribution in [0.15, 0.2) is 10.9 Å². The number of hydrogen-bond acceptors (Lipinski definition) is 4. The molecule has 18 heavy (non-hydrogen) atoms. The fourth-order valence-electron chi connectivity index (χ4n) is 1.60. The average molecular weight is 250 g/mol. The molecule has 0 atom stereocenters. The van der Waals surface area contributed by atoms with Crippen molar-refractivity contribution in [2.75, 3.05) is 11.9 Å². The number of aromatic nitrogens is 2. The van der Waals surface area contributed by atoms with Crippen LogP contribution in [-0.4, -0.2) is 28.5 Å². The van der Waals surface area contributed by atoms with Crippen LogP contribution >= 0.6 is 0 Å². The molecule has 0 aliphatic heterocycles. The maximum Gasteiger partial charge on any atom is 0.252 e. The molecule has 1 saturated carbocycles. The molecule has 98 valence electrons. The quantitative estimate of drug-likeness (QED) is 0.682. The summed E-state index contributed by atoms with van der Waals surface area (Å²) in [5.74, 6) is 1.22. The molecule has 0 saturated heterocycles. The molecule has 6 nitrogen and oxygen atoms in total. The smallest absolute Gasteiger partial charge is 0.252 e. The van der Waals surface area contributed by atoms with Gasteiger partial charge in [0.2, 0.25) is 5.91 Å². The van der Waals surface area contributed by atoms with E-state index in [0.29, 0.717) is 37.1 Å². The second-order valence-electron chi connectivity index (χ2n) is 4.45. The van der Waals surface area contributed by atoms with Gasteiger partial charge in [-0.1, -0.05) is 6.92 Å². The van der Waals surface area contributed by atoms with Crippen molar-refractivity contribution in [1.29, 1.82) is 0 Å². The molecule has 0 bridgehead atoms.